The molecule has 1 heterocycles. The highest BCUT2D eigenvalue weighted by atomic mass is 16.5. The van der Waals surface area contributed by atoms with Gasteiger partial charge >= 0.3 is 5.97 Å². The van der Waals surface area contributed by atoms with Gasteiger partial charge in [-0.15, -0.1) is 0 Å². The van der Waals surface area contributed by atoms with Crippen LogP contribution in [0.1, 0.15) is 31.9 Å². The zero-order valence-corrected chi connectivity index (χ0v) is 12.6. The van der Waals surface area contributed by atoms with Crippen LogP contribution in [0, 0.1) is 0 Å². The first-order valence-electron chi connectivity index (χ1n) is 7.18. The Morgan fingerprint density at radius 1 is 1.24 bits per heavy atom. The molecule has 1 aromatic rings. The van der Waals surface area contributed by atoms with E-state index in [0.29, 0.717) is 19.6 Å². The lowest BCUT2D eigenvalue weighted by atomic mass is 10.0. The zero-order valence-electron chi connectivity index (χ0n) is 12.6. The average Bonchev–Trinajstić information content (AvgIpc) is 2.97. The molecule has 116 valence electrons. The highest BCUT2D eigenvalue weighted by Gasteiger charge is 2.32. The molecule has 1 aliphatic heterocycles. The van der Waals surface area contributed by atoms with Crippen LogP contribution < -0.4 is 20.3 Å². The lowest BCUT2D eigenvalue weighted by molar-refractivity contribution is -0.142. The summed E-state index contributed by atoms with van der Waals surface area (Å²) < 4.78 is 15.9. The van der Waals surface area contributed by atoms with E-state index in [1.807, 2.05) is 32.0 Å². The molecule has 0 aromatic heterocycles. The molecule has 1 saturated heterocycles. The van der Waals surface area contributed by atoms with Gasteiger partial charge in [0.25, 0.3) is 0 Å². The topological polar surface area (TPSA) is 68.8 Å². The molecular weight excluding hydrogens is 272 g/mol. The molecule has 6 heteroatoms. The van der Waals surface area contributed by atoms with Gasteiger partial charge in [0.05, 0.1) is 26.4 Å². The van der Waals surface area contributed by atoms with E-state index in [2.05, 4.69) is 10.9 Å². The van der Waals surface area contributed by atoms with Crippen molar-refractivity contribution in [2.24, 2.45) is 0 Å². The predicted octanol–water partition coefficient (Wildman–Crippen LogP) is 1.56. The monoisotopic (exact) mass is 294 g/mol. The van der Waals surface area contributed by atoms with E-state index in [0.717, 1.165) is 17.1 Å². The van der Waals surface area contributed by atoms with Gasteiger partial charge in [0.1, 0.15) is 17.5 Å². The zero-order chi connectivity index (χ0) is 15.2. The molecule has 1 aromatic carbocycles. The molecular formula is C15H22N2O4. The van der Waals surface area contributed by atoms with Crippen LogP contribution in [0.3, 0.4) is 0 Å². The number of nitrogens with one attached hydrogen (secondary N) is 2. The molecule has 0 spiro atoms. The molecule has 1 aliphatic rings. The number of hydrogen-bond acceptors (Lipinski definition) is 6. The first-order valence-corrected chi connectivity index (χ1v) is 7.18. The summed E-state index contributed by atoms with van der Waals surface area (Å²) in [5.74, 6) is 1.28. The smallest absolute Gasteiger partial charge is 0.324 e. The third-order valence-electron chi connectivity index (χ3n) is 3.36. The Morgan fingerprint density at radius 3 is 2.67 bits per heavy atom. The van der Waals surface area contributed by atoms with Crippen LogP contribution >= 0.6 is 0 Å². The van der Waals surface area contributed by atoms with Crippen molar-refractivity contribution in [3.8, 4) is 11.5 Å². The Bertz CT molecular complexity index is 493. The Hall–Kier alpha value is -1.79. The minimum Gasteiger partial charge on any atom is -0.494 e. The number of carbonyl (C=O) groups is 1. The number of methoxy groups -OCH3 is 1. The highest BCUT2D eigenvalue weighted by molar-refractivity contribution is 5.76. The fraction of sp³-hybridized carbons (Fsp3) is 0.533. The molecule has 0 aliphatic carbocycles. The van der Waals surface area contributed by atoms with Crippen molar-refractivity contribution in [1.29, 1.82) is 0 Å². The second-order valence-electron chi connectivity index (χ2n) is 4.72. The van der Waals surface area contributed by atoms with Gasteiger partial charge in [0.2, 0.25) is 0 Å². The summed E-state index contributed by atoms with van der Waals surface area (Å²) in [6.07, 6.45) is 0.612. The van der Waals surface area contributed by atoms with Crippen LogP contribution in [0.4, 0.5) is 0 Å². The number of hydrazine groups is 1. The van der Waals surface area contributed by atoms with E-state index >= 15 is 0 Å². The summed E-state index contributed by atoms with van der Waals surface area (Å²) in [6, 6.07) is 5.41. The second kappa shape index (κ2) is 7.28. The van der Waals surface area contributed by atoms with Crippen LogP contribution in [0.5, 0.6) is 11.5 Å². The van der Waals surface area contributed by atoms with Crippen molar-refractivity contribution in [3.63, 3.8) is 0 Å². The number of benzene rings is 1. The summed E-state index contributed by atoms with van der Waals surface area (Å²) in [6.45, 7) is 5.06. The molecule has 2 rings (SSSR count). The predicted molar refractivity (Wildman–Crippen MR) is 78.2 cm³/mol. The summed E-state index contributed by atoms with van der Waals surface area (Å²) in [5.41, 5.74) is 7.07. The van der Waals surface area contributed by atoms with Crippen molar-refractivity contribution >= 4 is 5.97 Å². The molecule has 0 radical (unpaired) electrons. The van der Waals surface area contributed by atoms with Crippen molar-refractivity contribution in [2.45, 2.75) is 32.4 Å². The second-order valence-corrected chi connectivity index (χ2v) is 4.72. The lowest BCUT2D eigenvalue weighted by Crippen LogP contribution is -2.36. The maximum atomic E-state index is 11.6. The van der Waals surface area contributed by atoms with E-state index in [1.165, 1.54) is 7.11 Å². The van der Waals surface area contributed by atoms with Crippen molar-refractivity contribution < 1.29 is 19.0 Å². The van der Waals surface area contributed by atoms with Gasteiger partial charge in [0.15, 0.2) is 0 Å². The van der Waals surface area contributed by atoms with Crippen LogP contribution in [0.15, 0.2) is 18.2 Å². The van der Waals surface area contributed by atoms with E-state index in [1.54, 1.807) is 0 Å². The number of ether oxygens (including phenoxy) is 3. The van der Waals surface area contributed by atoms with Gasteiger partial charge in [-0.25, -0.2) is 10.9 Å². The largest absolute Gasteiger partial charge is 0.494 e. The molecule has 6 nitrogen and oxygen atoms in total. The van der Waals surface area contributed by atoms with Crippen LogP contribution in [0.2, 0.25) is 0 Å². The summed E-state index contributed by atoms with van der Waals surface area (Å²) in [5, 5.41) is 0. The van der Waals surface area contributed by atoms with E-state index in [9.17, 15) is 4.79 Å². The molecule has 21 heavy (non-hydrogen) atoms. The van der Waals surface area contributed by atoms with Crippen LogP contribution in [-0.4, -0.2) is 32.3 Å². The third kappa shape index (κ3) is 3.65. The van der Waals surface area contributed by atoms with Gasteiger partial charge in [-0.3, -0.25) is 4.79 Å². The van der Waals surface area contributed by atoms with Crippen LogP contribution in [-0.2, 0) is 9.53 Å². The van der Waals surface area contributed by atoms with Gasteiger partial charge in [-0.2, -0.15) is 0 Å². The van der Waals surface area contributed by atoms with E-state index in [-0.39, 0.29) is 18.1 Å². The van der Waals surface area contributed by atoms with Crippen molar-refractivity contribution in [2.75, 3.05) is 20.3 Å². The summed E-state index contributed by atoms with van der Waals surface area (Å²) >= 11 is 0. The average molecular weight is 294 g/mol. The van der Waals surface area contributed by atoms with E-state index in [4.69, 9.17) is 14.2 Å². The van der Waals surface area contributed by atoms with E-state index < -0.39 is 0 Å². The minimum atomic E-state index is -0.346. The first-order chi connectivity index (χ1) is 10.2. The Labute approximate surface area is 124 Å². The maximum absolute atomic E-state index is 11.6. The molecule has 0 bridgehead atoms. The summed E-state index contributed by atoms with van der Waals surface area (Å²) in [7, 11) is 1.39. The normalized spacial score (nSPS) is 21.1. The fourth-order valence-corrected chi connectivity index (χ4v) is 2.40. The Morgan fingerprint density at radius 2 is 2.00 bits per heavy atom. The maximum Gasteiger partial charge on any atom is 0.324 e. The quantitative estimate of drug-likeness (QED) is 0.776. The van der Waals surface area contributed by atoms with Gasteiger partial charge in [-0.1, -0.05) is 6.07 Å². The Balaban J connectivity index is 2.17. The van der Waals surface area contributed by atoms with Crippen LogP contribution in [0.25, 0.3) is 0 Å². The molecule has 0 saturated carbocycles. The van der Waals surface area contributed by atoms with Crippen molar-refractivity contribution in [1.82, 2.24) is 10.9 Å². The highest BCUT2D eigenvalue weighted by Crippen LogP contribution is 2.33. The molecule has 2 unspecified atom stereocenters. The number of carbonyl (C=O) groups excluding carboxylic acids is 1. The Kier molecular flexibility index (Phi) is 5.41. The molecule has 2 N–H and O–H groups in total. The standard InChI is InChI=1S/C15H22N2O4/c1-4-20-10-6-7-11(14(8-10)21-5-2)12-9-13(17-16-12)15(18)19-3/h6-8,12-13,16-17H,4-5,9H2,1-3H3. The number of rotatable bonds is 6. The third-order valence-corrected chi connectivity index (χ3v) is 3.36. The molecule has 1 fully saturated rings. The van der Waals surface area contributed by atoms with Gasteiger partial charge in [0, 0.05) is 11.6 Å². The summed E-state index contributed by atoms with van der Waals surface area (Å²) in [4.78, 5) is 11.6. The van der Waals surface area contributed by atoms with Gasteiger partial charge < -0.3 is 14.2 Å². The lowest BCUT2D eigenvalue weighted by Gasteiger charge is -2.16. The van der Waals surface area contributed by atoms with Crippen molar-refractivity contribution in [3.05, 3.63) is 23.8 Å². The van der Waals surface area contributed by atoms with Gasteiger partial charge in [-0.05, 0) is 26.3 Å². The fourth-order valence-electron chi connectivity index (χ4n) is 2.40. The number of esters is 1. The SMILES string of the molecule is CCOc1ccc(C2CC(C(=O)OC)NN2)c(OCC)c1. The number of hydrogen-bond donors (Lipinski definition) is 2. The first kappa shape index (κ1) is 15.6. The molecule has 0 amide bonds. The minimum absolute atomic E-state index is 0.00803. The molecule has 2 atom stereocenters.